The normalized spacial score (nSPS) is 10.3. The van der Waals surface area contributed by atoms with Gasteiger partial charge in [0.1, 0.15) is 5.01 Å². The molecule has 0 bridgehead atoms. The van der Waals surface area contributed by atoms with Crippen LogP contribution in [-0.4, -0.2) is 47.2 Å². The van der Waals surface area contributed by atoms with Gasteiger partial charge in [0.15, 0.2) is 6.61 Å². The van der Waals surface area contributed by atoms with Crippen molar-refractivity contribution in [2.45, 2.75) is 39.5 Å². The number of esters is 2. The molecule has 2 N–H and O–H groups in total. The van der Waals surface area contributed by atoms with Gasteiger partial charge in [-0.05, 0) is 37.6 Å². The van der Waals surface area contributed by atoms with Gasteiger partial charge in [-0.1, -0.05) is 24.7 Å². The highest BCUT2D eigenvalue weighted by Gasteiger charge is 2.13. The molecule has 10 nitrogen and oxygen atoms in total. The molecule has 0 aliphatic heterocycles. The predicted octanol–water partition coefficient (Wildman–Crippen LogP) is 2.70. The van der Waals surface area contributed by atoms with E-state index in [-0.39, 0.29) is 12.8 Å². The molecule has 166 valence electrons. The number of anilines is 2. The molecular weight excluding hydrogens is 424 g/mol. The van der Waals surface area contributed by atoms with E-state index in [4.69, 9.17) is 9.47 Å². The molecular formula is C20H24N4O6S. The lowest BCUT2D eigenvalue weighted by Crippen LogP contribution is -2.21. The monoisotopic (exact) mass is 448 g/mol. The molecule has 0 unspecified atom stereocenters. The molecule has 0 atom stereocenters. The summed E-state index contributed by atoms with van der Waals surface area (Å²) in [7, 11) is 0. The van der Waals surface area contributed by atoms with Crippen molar-refractivity contribution in [1.29, 1.82) is 0 Å². The van der Waals surface area contributed by atoms with Crippen LogP contribution in [0.3, 0.4) is 0 Å². The van der Waals surface area contributed by atoms with Crippen molar-refractivity contribution >= 4 is 45.9 Å². The molecule has 0 aliphatic rings. The number of unbranched alkanes of at least 4 members (excludes halogenated alkanes) is 1. The average molecular weight is 449 g/mol. The maximum absolute atomic E-state index is 11.9. The summed E-state index contributed by atoms with van der Waals surface area (Å²) in [6.45, 7) is 3.63. The number of hydrogen-bond acceptors (Lipinski definition) is 9. The smallest absolute Gasteiger partial charge is 0.338 e. The molecule has 2 amide bonds. The fourth-order valence-electron chi connectivity index (χ4n) is 2.24. The van der Waals surface area contributed by atoms with Crippen LogP contribution in [0.2, 0.25) is 0 Å². The van der Waals surface area contributed by atoms with E-state index >= 15 is 0 Å². The fraction of sp³-hybridized carbons (Fsp3) is 0.400. The van der Waals surface area contributed by atoms with E-state index in [1.54, 1.807) is 19.1 Å². The molecule has 0 saturated heterocycles. The second-order valence-corrected chi connectivity index (χ2v) is 7.63. The van der Waals surface area contributed by atoms with Crippen molar-refractivity contribution in [2.24, 2.45) is 0 Å². The molecule has 1 heterocycles. The quantitative estimate of drug-likeness (QED) is 0.395. The second-order valence-electron chi connectivity index (χ2n) is 6.45. The van der Waals surface area contributed by atoms with Crippen molar-refractivity contribution in [1.82, 2.24) is 10.2 Å². The molecule has 0 aliphatic carbocycles. The number of ether oxygens (including phenoxy) is 2. The lowest BCUT2D eigenvalue weighted by Gasteiger charge is -2.08. The molecule has 1 aromatic heterocycles. The average Bonchev–Trinajstić information content (AvgIpc) is 3.15. The zero-order chi connectivity index (χ0) is 22.6. The molecule has 11 heteroatoms. The lowest BCUT2D eigenvalue weighted by atomic mass is 10.2. The van der Waals surface area contributed by atoms with E-state index in [1.807, 2.05) is 6.92 Å². The number of carbonyl (C=O) groups is 4. The molecule has 0 radical (unpaired) electrons. The van der Waals surface area contributed by atoms with Gasteiger partial charge >= 0.3 is 11.9 Å². The number of nitrogens with zero attached hydrogens (tertiary/aromatic N) is 2. The Hall–Kier alpha value is -3.34. The number of aryl methyl sites for hydroxylation is 1. The van der Waals surface area contributed by atoms with Crippen molar-refractivity contribution in [3.05, 3.63) is 34.8 Å². The van der Waals surface area contributed by atoms with Crippen LogP contribution >= 0.6 is 11.3 Å². The Labute approximate surface area is 183 Å². The number of benzene rings is 1. The fourth-order valence-corrected chi connectivity index (χ4v) is 2.85. The molecule has 1 aromatic carbocycles. The summed E-state index contributed by atoms with van der Waals surface area (Å²) in [5.74, 6) is -2.04. The molecule has 0 fully saturated rings. The molecule has 2 aromatic rings. The zero-order valence-corrected chi connectivity index (χ0v) is 18.1. The highest BCUT2D eigenvalue weighted by Crippen LogP contribution is 2.14. The topological polar surface area (TPSA) is 137 Å². The summed E-state index contributed by atoms with van der Waals surface area (Å²) in [6.07, 6.45) is 1.45. The van der Waals surface area contributed by atoms with Crippen molar-refractivity contribution in [3.8, 4) is 0 Å². The Morgan fingerprint density at radius 2 is 1.71 bits per heavy atom. The zero-order valence-electron chi connectivity index (χ0n) is 17.3. The van der Waals surface area contributed by atoms with Crippen LogP contribution in [0.15, 0.2) is 24.3 Å². The lowest BCUT2D eigenvalue weighted by molar-refractivity contribution is -0.147. The predicted molar refractivity (Wildman–Crippen MR) is 114 cm³/mol. The van der Waals surface area contributed by atoms with Gasteiger partial charge in [0.2, 0.25) is 11.0 Å². The molecule has 2 rings (SSSR count). The number of aromatic nitrogens is 2. The summed E-state index contributed by atoms with van der Waals surface area (Å²) in [5.41, 5.74) is 0.820. The summed E-state index contributed by atoms with van der Waals surface area (Å²) in [6, 6.07) is 6.17. The van der Waals surface area contributed by atoms with Crippen LogP contribution in [0.5, 0.6) is 0 Å². The largest absolute Gasteiger partial charge is 0.462 e. The van der Waals surface area contributed by atoms with E-state index < -0.39 is 30.4 Å². The Morgan fingerprint density at radius 1 is 0.968 bits per heavy atom. The first kappa shape index (κ1) is 23.9. The summed E-state index contributed by atoms with van der Waals surface area (Å²) >= 11 is 1.22. The Kier molecular flexibility index (Phi) is 9.56. The van der Waals surface area contributed by atoms with Gasteiger partial charge in [0.25, 0.3) is 5.91 Å². The minimum Gasteiger partial charge on any atom is -0.462 e. The maximum atomic E-state index is 11.9. The summed E-state index contributed by atoms with van der Waals surface area (Å²) in [5, 5.41) is 13.7. The van der Waals surface area contributed by atoms with Crippen LogP contribution in [-0.2, 0) is 23.9 Å². The summed E-state index contributed by atoms with van der Waals surface area (Å²) in [4.78, 5) is 47.3. The van der Waals surface area contributed by atoms with Gasteiger partial charge in [0.05, 0.1) is 18.6 Å². The highest BCUT2D eigenvalue weighted by molar-refractivity contribution is 7.15. The third-order valence-corrected chi connectivity index (χ3v) is 4.58. The van der Waals surface area contributed by atoms with Gasteiger partial charge in [-0.15, -0.1) is 10.2 Å². The van der Waals surface area contributed by atoms with Gasteiger partial charge < -0.3 is 20.1 Å². The number of hydrogen-bond donors (Lipinski definition) is 2. The highest BCUT2D eigenvalue weighted by atomic mass is 32.1. The number of nitrogens with one attached hydrogen (secondary N) is 2. The van der Waals surface area contributed by atoms with Gasteiger partial charge in [0, 0.05) is 12.1 Å². The van der Waals surface area contributed by atoms with E-state index in [0.29, 0.717) is 28.0 Å². The molecule has 31 heavy (non-hydrogen) atoms. The minimum atomic E-state index is -0.677. The Balaban J connectivity index is 1.67. The SMILES string of the molecule is CCCCOC(=O)c1ccc(NC(=O)COC(=O)CCC(=O)Nc2nnc(C)s2)cc1. The minimum absolute atomic E-state index is 0.102. The van der Waals surface area contributed by atoms with Crippen LogP contribution < -0.4 is 10.6 Å². The van der Waals surface area contributed by atoms with Gasteiger partial charge in [-0.25, -0.2) is 4.79 Å². The first-order valence-corrected chi connectivity index (χ1v) is 10.5. The number of amides is 2. The van der Waals surface area contributed by atoms with Crippen LogP contribution in [0, 0.1) is 6.92 Å². The van der Waals surface area contributed by atoms with Crippen molar-refractivity contribution in [2.75, 3.05) is 23.8 Å². The van der Waals surface area contributed by atoms with E-state index in [0.717, 1.165) is 12.8 Å². The van der Waals surface area contributed by atoms with Crippen molar-refractivity contribution in [3.63, 3.8) is 0 Å². The number of carbonyl (C=O) groups excluding carboxylic acids is 4. The Bertz CT molecular complexity index is 913. The van der Waals surface area contributed by atoms with E-state index in [9.17, 15) is 19.2 Å². The van der Waals surface area contributed by atoms with Crippen molar-refractivity contribution < 1.29 is 28.7 Å². The van der Waals surface area contributed by atoms with Crippen LogP contribution in [0.25, 0.3) is 0 Å². The summed E-state index contributed by atoms with van der Waals surface area (Å²) < 4.78 is 9.98. The van der Waals surface area contributed by atoms with Crippen LogP contribution in [0.4, 0.5) is 10.8 Å². The Morgan fingerprint density at radius 3 is 2.35 bits per heavy atom. The maximum Gasteiger partial charge on any atom is 0.338 e. The van der Waals surface area contributed by atoms with Crippen LogP contribution in [0.1, 0.15) is 48.0 Å². The van der Waals surface area contributed by atoms with Gasteiger partial charge in [-0.3, -0.25) is 14.4 Å². The second kappa shape index (κ2) is 12.4. The molecule has 0 spiro atoms. The number of rotatable bonds is 11. The third kappa shape index (κ3) is 8.91. The van der Waals surface area contributed by atoms with Gasteiger partial charge in [-0.2, -0.15) is 0 Å². The van der Waals surface area contributed by atoms with E-state index in [2.05, 4.69) is 20.8 Å². The first-order chi connectivity index (χ1) is 14.9. The standard InChI is InChI=1S/C20H24N4O6S/c1-3-4-11-29-19(28)14-5-7-15(8-6-14)21-17(26)12-30-18(27)10-9-16(25)22-20-24-23-13(2)31-20/h5-8H,3-4,9-12H2,1-2H3,(H,21,26)(H,22,24,25). The first-order valence-electron chi connectivity index (χ1n) is 9.70. The third-order valence-electron chi connectivity index (χ3n) is 3.83. The van der Waals surface area contributed by atoms with E-state index in [1.165, 1.54) is 23.5 Å². The molecule has 0 saturated carbocycles.